The van der Waals surface area contributed by atoms with Gasteiger partial charge < -0.3 is 5.11 Å². The van der Waals surface area contributed by atoms with Crippen molar-refractivity contribution in [3.8, 4) is 0 Å². The lowest BCUT2D eigenvalue weighted by molar-refractivity contribution is -0.134. The number of fused-ring (bicyclic) bond motifs is 1. The second-order valence-electron chi connectivity index (χ2n) is 3.16. The molecule has 0 saturated carbocycles. The molecule has 0 aliphatic heterocycles. The molecule has 1 aromatic rings. The number of aliphatic carboxylic acids is 1. The van der Waals surface area contributed by atoms with Crippen LogP contribution in [0, 0.1) is 0 Å². The Morgan fingerprint density at radius 2 is 2.00 bits per heavy atom. The van der Waals surface area contributed by atoms with Gasteiger partial charge in [0.2, 0.25) is 0 Å². The average molecular weight is 188 g/mol. The highest BCUT2D eigenvalue weighted by molar-refractivity contribution is 6.22. The van der Waals surface area contributed by atoms with Crippen molar-refractivity contribution < 1.29 is 14.7 Å². The average Bonchev–Trinajstić information content (AvgIpc) is 2.16. The van der Waals surface area contributed by atoms with Crippen molar-refractivity contribution in [3.05, 3.63) is 41.0 Å². The number of carbonyl (C=O) groups is 2. The summed E-state index contributed by atoms with van der Waals surface area (Å²) in [5.74, 6) is -1.47. The lowest BCUT2D eigenvalue weighted by Gasteiger charge is -2.11. The smallest absolute Gasteiger partial charge is 0.339 e. The molecule has 0 heterocycles. The molecule has 0 fully saturated rings. The minimum atomic E-state index is -1.15. The van der Waals surface area contributed by atoms with E-state index in [9.17, 15) is 9.59 Å². The molecule has 0 radical (unpaired) electrons. The first-order chi connectivity index (χ1) is 6.68. The van der Waals surface area contributed by atoms with E-state index in [2.05, 4.69) is 0 Å². The fraction of sp³-hybridized carbons (Fsp3) is 0.0909. The highest BCUT2D eigenvalue weighted by Gasteiger charge is 2.22. The Morgan fingerprint density at radius 1 is 1.29 bits per heavy atom. The molecule has 0 amide bonds. The minimum absolute atomic E-state index is 0.122. The maximum Gasteiger partial charge on any atom is 0.339 e. The predicted molar refractivity (Wildman–Crippen MR) is 50.8 cm³/mol. The van der Waals surface area contributed by atoms with Crippen molar-refractivity contribution in [1.82, 2.24) is 0 Å². The van der Waals surface area contributed by atoms with Crippen molar-refractivity contribution in [2.24, 2.45) is 0 Å². The van der Waals surface area contributed by atoms with Gasteiger partial charge in [-0.15, -0.1) is 0 Å². The topological polar surface area (TPSA) is 54.4 Å². The van der Waals surface area contributed by atoms with Crippen LogP contribution in [0.15, 0.2) is 29.8 Å². The second-order valence-corrected chi connectivity index (χ2v) is 3.16. The van der Waals surface area contributed by atoms with Crippen LogP contribution >= 0.6 is 0 Å². The van der Waals surface area contributed by atoms with Crippen LogP contribution in [0.25, 0.3) is 6.08 Å². The van der Waals surface area contributed by atoms with E-state index in [4.69, 9.17) is 5.11 Å². The molecule has 0 atom stereocenters. The zero-order valence-electron chi connectivity index (χ0n) is 7.36. The monoisotopic (exact) mass is 188 g/mol. The third-order valence-electron chi connectivity index (χ3n) is 2.24. The molecule has 1 aliphatic carbocycles. The highest BCUT2D eigenvalue weighted by atomic mass is 16.4. The summed E-state index contributed by atoms with van der Waals surface area (Å²) in [6.45, 7) is 0. The largest absolute Gasteiger partial charge is 0.478 e. The summed E-state index contributed by atoms with van der Waals surface area (Å²) >= 11 is 0. The van der Waals surface area contributed by atoms with Crippen LogP contribution in [0.2, 0.25) is 0 Å². The van der Waals surface area contributed by atoms with Gasteiger partial charge in [-0.05, 0) is 17.2 Å². The lowest BCUT2D eigenvalue weighted by atomic mass is 9.91. The summed E-state index contributed by atoms with van der Waals surface area (Å²) in [5.41, 5.74) is 1.59. The molecule has 0 aromatic heterocycles. The molecule has 0 saturated heterocycles. The van der Waals surface area contributed by atoms with Crippen molar-refractivity contribution in [3.63, 3.8) is 0 Å². The Balaban J connectivity index is 2.54. The zero-order valence-corrected chi connectivity index (χ0v) is 7.36. The van der Waals surface area contributed by atoms with Gasteiger partial charge in [-0.3, -0.25) is 4.79 Å². The summed E-state index contributed by atoms with van der Waals surface area (Å²) < 4.78 is 0. The number of ketones is 1. The zero-order chi connectivity index (χ0) is 10.1. The number of benzene rings is 1. The molecule has 1 aliphatic rings. The van der Waals surface area contributed by atoms with Gasteiger partial charge in [0.1, 0.15) is 5.57 Å². The van der Waals surface area contributed by atoms with Crippen molar-refractivity contribution in [2.75, 3.05) is 0 Å². The first kappa shape index (κ1) is 8.69. The normalized spacial score (nSPS) is 14.6. The molecule has 1 aromatic carbocycles. The highest BCUT2D eigenvalue weighted by Crippen LogP contribution is 2.21. The molecule has 2 rings (SSSR count). The Labute approximate surface area is 80.7 Å². The molecule has 3 heteroatoms. The predicted octanol–water partition coefficient (Wildman–Crippen LogP) is 1.28. The molecule has 0 unspecified atom stereocenters. The van der Waals surface area contributed by atoms with E-state index in [1.165, 1.54) is 6.08 Å². The summed E-state index contributed by atoms with van der Waals surface area (Å²) in [4.78, 5) is 22.0. The van der Waals surface area contributed by atoms with Crippen molar-refractivity contribution in [1.29, 1.82) is 0 Å². The van der Waals surface area contributed by atoms with Crippen LogP contribution in [-0.4, -0.2) is 16.9 Å². The van der Waals surface area contributed by atoms with E-state index >= 15 is 0 Å². The summed E-state index contributed by atoms with van der Waals surface area (Å²) in [7, 11) is 0. The second kappa shape index (κ2) is 3.10. The van der Waals surface area contributed by atoms with Gasteiger partial charge in [-0.2, -0.15) is 0 Å². The van der Waals surface area contributed by atoms with Gasteiger partial charge in [0.15, 0.2) is 5.78 Å². The number of Topliss-reactive ketones (excluding diaryl/α,β-unsaturated/α-hetero) is 1. The number of hydrogen-bond acceptors (Lipinski definition) is 2. The number of hydrogen-bond donors (Lipinski definition) is 1. The molecule has 0 spiro atoms. The molecular weight excluding hydrogens is 180 g/mol. The van der Waals surface area contributed by atoms with Crippen LogP contribution in [0.4, 0.5) is 0 Å². The van der Waals surface area contributed by atoms with E-state index in [1.807, 2.05) is 24.3 Å². The number of carboxylic acid groups (broad SMARTS) is 1. The Bertz CT molecular complexity index is 444. The molecular formula is C11H8O3. The molecule has 70 valence electrons. The maximum absolute atomic E-state index is 11.3. The van der Waals surface area contributed by atoms with E-state index in [0.717, 1.165) is 11.1 Å². The maximum atomic E-state index is 11.3. The first-order valence-electron chi connectivity index (χ1n) is 4.24. The van der Waals surface area contributed by atoms with E-state index in [1.54, 1.807) is 0 Å². The van der Waals surface area contributed by atoms with Gasteiger partial charge >= 0.3 is 5.97 Å². The third-order valence-corrected chi connectivity index (χ3v) is 2.24. The van der Waals surface area contributed by atoms with E-state index in [0.29, 0.717) is 0 Å². The molecule has 3 nitrogen and oxygen atoms in total. The van der Waals surface area contributed by atoms with Gasteiger partial charge in [0.25, 0.3) is 0 Å². The molecule has 14 heavy (non-hydrogen) atoms. The summed E-state index contributed by atoms with van der Waals surface area (Å²) in [5, 5.41) is 8.75. The minimum Gasteiger partial charge on any atom is -0.478 e. The first-order valence-corrected chi connectivity index (χ1v) is 4.24. The van der Waals surface area contributed by atoms with Crippen molar-refractivity contribution >= 4 is 17.8 Å². The van der Waals surface area contributed by atoms with Crippen LogP contribution in [0.5, 0.6) is 0 Å². The number of carboxylic acids is 1. The van der Waals surface area contributed by atoms with Crippen LogP contribution in [0.3, 0.4) is 0 Å². The van der Waals surface area contributed by atoms with Crippen LogP contribution < -0.4 is 0 Å². The summed E-state index contributed by atoms with van der Waals surface area (Å²) in [6.07, 6.45) is 1.62. The number of carbonyl (C=O) groups excluding carboxylic acids is 1. The Morgan fingerprint density at radius 3 is 2.71 bits per heavy atom. The fourth-order valence-electron chi connectivity index (χ4n) is 1.52. The van der Waals surface area contributed by atoms with Gasteiger partial charge in [0, 0.05) is 6.42 Å². The molecule has 1 N–H and O–H groups in total. The standard InChI is InChI=1S/C11H8O3/c12-10-6-8-4-2-1-3-7(8)5-9(10)11(13)14/h1-5H,6H2,(H,13,14). The SMILES string of the molecule is O=C(O)C1=Cc2ccccc2CC1=O. The molecule has 0 bridgehead atoms. The van der Waals surface area contributed by atoms with Crippen LogP contribution in [-0.2, 0) is 16.0 Å². The van der Waals surface area contributed by atoms with Crippen molar-refractivity contribution in [2.45, 2.75) is 6.42 Å². The Kier molecular flexibility index (Phi) is 1.93. The summed E-state index contributed by atoms with van der Waals surface area (Å²) in [6, 6.07) is 7.31. The van der Waals surface area contributed by atoms with E-state index < -0.39 is 5.97 Å². The van der Waals surface area contributed by atoms with Crippen LogP contribution in [0.1, 0.15) is 11.1 Å². The lowest BCUT2D eigenvalue weighted by Crippen LogP contribution is -2.18. The number of rotatable bonds is 1. The third kappa shape index (κ3) is 1.33. The quantitative estimate of drug-likeness (QED) is 0.675. The fourth-order valence-corrected chi connectivity index (χ4v) is 1.52. The van der Waals surface area contributed by atoms with Gasteiger partial charge in [-0.1, -0.05) is 24.3 Å². The van der Waals surface area contributed by atoms with Gasteiger partial charge in [-0.25, -0.2) is 4.79 Å². The van der Waals surface area contributed by atoms with Gasteiger partial charge in [0.05, 0.1) is 0 Å². The Hall–Kier alpha value is -1.90. The van der Waals surface area contributed by atoms with E-state index in [-0.39, 0.29) is 17.8 Å².